The lowest BCUT2D eigenvalue weighted by atomic mass is 9.44. The quantitative estimate of drug-likeness (QED) is 0.426. The maximum atomic E-state index is 13.2. The number of benzene rings is 1. The predicted octanol–water partition coefficient (Wildman–Crippen LogP) is 7.87. The molecule has 1 aromatic rings. The standard InChI is InChI=1S/C31H46FNO2/c1-30-19-17-28-26(14-10-23-20-25(16-18-31(23,28)2)35-29(34)33(3)4)27(30)15-11-22(30)7-5-6-21-8-12-24(32)13-9-21/h8-9,12-13,22-23,25-28H,5-7,10-11,14-20H2,1-4H3/t22?,23?,25?,26-,27?,28?,30?,31?/m0/s1. The number of fused-ring (bicyclic) bond motifs is 5. The van der Waals surface area contributed by atoms with Crippen LogP contribution in [-0.2, 0) is 11.2 Å². The van der Waals surface area contributed by atoms with Crippen LogP contribution in [0.4, 0.5) is 9.18 Å². The van der Waals surface area contributed by atoms with Gasteiger partial charge >= 0.3 is 6.09 Å². The molecule has 0 radical (unpaired) electrons. The van der Waals surface area contributed by atoms with E-state index in [0.717, 1.165) is 42.9 Å². The van der Waals surface area contributed by atoms with E-state index in [4.69, 9.17) is 4.74 Å². The molecule has 0 saturated heterocycles. The number of aryl methyl sites for hydroxylation is 1. The van der Waals surface area contributed by atoms with Crippen molar-refractivity contribution >= 4 is 6.09 Å². The van der Waals surface area contributed by atoms with Gasteiger partial charge in [-0.25, -0.2) is 9.18 Å². The molecule has 0 aliphatic heterocycles. The van der Waals surface area contributed by atoms with Crippen molar-refractivity contribution < 1.29 is 13.9 Å². The second-order valence-corrected chi connectivity index (χ2v) is 13.2. The van der Waals surface area contributed by atoms with E-state index < -0.39 is 0 Å². The molecular formula is C31H46FNO2. The van der Waals surface area contributed by atoms with Gasteiger partial charge in [0.15, 0.2) is 0 Å². The zero-order chi connectivity index (χ0) is 24.8. The van der Waals surface area contributed by atoms with Crippen LogP contribution in [0.25, 0.3) is 0 Å². The first-order valence-corrected chi connectivity index (χ1v) is 14.3. The molecule has 0 heterocycles. The Morgan fingerprint density at radius 1 is 0.971 bits per heavy atom. The number of hydrogen-bond acceptors (Lipinski definition) is 2. The largest absolute Gasteiger partial charge is 0.446 e. The van der Waals surface area contributed by atoms with Gasteiger partial charge in [-0.2, -0.15) is 0 Å². The van der Waals surface area contributed by atoms with Crippen LogP contribution in [0.1, 0.15) is 90.0 Å². The summed E-state index contributed by atoms with van der Waals surface area (Å²) in [5, 5.41) is 0. The molecule has 0 aromatic heterocycles. The van der Waals surface area contributed by atoms with Crippen LogP contribution in [-0.4, -0.2) is 31.2 Å². The van der Waals surface area contributed by atoms with Crippen LogP contribution >= 0.6 is 0 Å². The zero-order valence-corrected chi connectivity index (χ0v) is 22.4. The topological polar surface area (TPSA) is 29.5 Å². The van der Waals surface area contributed by atoms with Crippen LogP contribution in [0.2, 0.25) is 0 Å². The summed E-state index contributed by atoms with van der Waals surface area (Å²) in [6.45, 7) is 5.23. The molecule has 0 bridgehead atoms. The minimum Gasteiger partial charge on any atom is -0.446 e. The van der Waals surface area contributed by atoms with Crippen molar-refractivity contribution in [1.82, 2.24) is 4.90 Å². The number of halogens is 1. The number of carbonyl (C=O) groups is 1. The molecule has 1 aromatic carbocycles. The van der Waals surface area contributed by atoms with E-state index in [1.165, 1.54) is 63.4 Å². The van der Waals surface area contributed by atoms with Crippen molar-refractivity contribution in [3.05, 3.63) is 35.6 Å². The highest BCUT2D eigenvalue weighted by molar-refractivity contribution is 5.66. The summed E-state index contributed by atoms with van der Waals surface area (Å²) in [5.74, 6) is 4.04. The SMILES string of the molecule is CN(C)C(=O)OC1CCC2(C)C(CC[C@H]3C4CCC(CCCc5ccc(F)cc5)C4(C)CCC32)C1. The van der Waals surface area contributed by atoms with E-state index in [2.05, 4.69) is 13.8 Å². The minimum atomic E-state index is -0.183. The van der Waals surface area contributed by atoms with Crippen molar-refractivity contribution in [2.75, 3.05) is 14.1 Å². The Morgan fingerprint density at radius 3 is 2.43 bits per heavy atom. The summed E-state index contributed by atoms with van der Waals surface area (Å²) in [7, 11) is 3.55. The van der Waals surface area contributed by atoms with Crippen molar-refractivity contribution in [2.24, 2.45) is 40.4 Å². The monoisotopic (exact) mass is 483 g/mol. The van der Waals surface area contributed by atoms with Crippen LogP contribution in [0, 0.1) is 46.2 Å². The molecule has 1 amide bonds. The minimum absolute atomic E-state index is 0.102. The third-order valence-corrected chi connectivity index (χ3v) is 11.4. The molecule has 4 aliphatic carbocycles. The molecule has 7 unspecified atom stereocenters. The normalized spacial score (nSPS) is 40.4. The zero-order valence-electron chi connectivity index (χ0n) is 22.4. The lowest BCUT2D eigenvalue weighted by Crippen LogP contribution is -2.54. The third kappa shape index (κ3) is 4.64. The van der Waals surface area contributed by atoms with E-state index in [1.807, 2.05) is 12.1 Å². The van der Waals surface area contributed by atoms with Crippen molar-refractivity contribution in [1.29, 1.82) is 0 Å². The van der Waals surface area contributed by atoms with Crippen molar-refractivity contribution in [3.63, 3.8) is 0 Å². The molecule has 35 heavy (non-hydrogen) atoms. The van der Waals surface area contributed by atoms with Crippen LogP contribution < -0.4 is 0 Å². The summed E-state index contributed by atoms with van der Waals surface area (Å²) in [6, 6.07) is 7.10. The van der Waals surface area contributed by atoms with Gasteiger partial charge in [0.25, 0.3) is 0 Å². The summed E-state index contributed by atoms with van der Waals surface area (Å²) >= 11 is 0. The van der Waals surface area contributed by atoms with Gasteiger partial charge in [0, 0.05) is 14.1 Å². The highest BCUT2D eigenvalue weighted by atomic mass is 19.1. The van der Waals surface area contributed by atoms with Crippen LogP contribution in [0.15, 0.2) is 24.3 Å². The van der Waals surface area contributed by atoms with Gasteiger partial charge in [0.2, 0.25) is 0 Å². The fourth-order valence-electron chi connectivity index (χ4n) is 9.36. The Kier molecular flexibility index (Phi) is 6.96. The van der Waals surface area contributed by atoms with Gasteiger partial charge in [-0.1, -0.05) is 26.0 Å². The van der Waals surface area contributed by atoms with E-state index in [9.17, 15) is 9.18 Å². The molecule has 5 rings (SSSR count). The number of carbonyl (C=O) groups excluding carboxylic acids is 1. The number of nitrogens with zero attached hydrogens (tertiary/aromatic N) is 1. The summed E-state index contributed by atoms with van der Waals surface area (Å²) in [4.78, 5) is 13.7. The summed E-state index contributed by atoms with van der Waals surface area (Å²) in [5.41, 5.74) is 2.20. The summed E-state index contributed by atoms with van der Waals surface area (Å²) < 4.78 is 19.1. The average molecular weight is 484 g/mol. The highest BCUT2D eigenvalue weighted by Gasteiger charge is 2.60. The first-order chi connectivity index (χ1) is 16.7. The van der Waals surface area contributed by atoms with Gasteiger partial charge in [0.05, 0.1) is 0 Å². The molecular weight excluding hydrogens is 437 g/mol. The Morgan fingerprint density at radius 2 is 1.69 bits per heavy atom. The predicted molar refractivity (Wildman–Crippen MR) is 139 cm³/mol. The second kappa shape index (κ2) is 9.71. The van der Waals surface area contributed by atoms with Crippen LogP contribution in [0.3, 0.4) is 0 Å². The fourth-order valence-corrected chi connectivity index (χ4v) is 9.36. The molecule has 4 saturated carbocycles. The maximum absolute atomic E-state index is 13.2. The van der Waals surface area contributed by atoms with Gasteiger partial charge in [-0.15, -0.1) is 0 Å². The molecule has 3 nitrogen and oxygen atoms in total. The molecule has 0 spiro atoms. The van der Waals surface area contributed by atoms with Crippen molar-refractivity contribution in [3.8, 4) is 0 Å². The first-order valence-electron chi connectivity index (χ1n) is 14.3. The molecule has 4 heteroatoms. The first kappa shape index (κ1) is 25.1. The van der Waals surface area contributed by atoms with Gasteiger partial charge in [-0.05, 0) is 135 Å². The van der Waals surface area contributed by atoms with E-state index in [1.54, 1.807) is 31.1 Å². The van der Waals surface area contributed by atoms with Crippen LogP contribution in [0.5, 0.6) is 0 Å². The molecule has 0 N–H and O–H groups in total. The van der Waals surface area contributed by atoms with E-state index in [0.29, 0.717) is 16.7 Å². The highest BCUT2D eigenvalue weighted by Crippen LogP contribution is 2.68. The summed E-state index contributed by atoms with van der Waals surface area (Å²) in [6.07, 6.45) is 15.1. The average Bonchev–Trinajstić information content (AvgIpc) is 3.17. The number of amides is 1. The Bertz CT molecular complexity index is 900. The van der Waals surface area contributed by atoms with E-state index >= 15 is 0 Å². The Labute approximate surface area is 212 Å². The Hall–Kier alpha value is -1.58. The number of rotatable bonds is 5. The molecule has 194 valence electrons. The van der Waals surface area contributed by atoms with Gasteiger partial charge in [0.1, 0.15) is 11.9 Å². The lowest BCUT2D eigenvalue weighted by molar-refractivity contribution is -0.128. The smallest absolute Gasteiger partial charge is 0.409 e. The third-order valence-electron chi connectivity index (χ3n) is 11.4. The Balaban J connectivity index is 1.20. The van der Waals surface area contributed by atoms with E-state index in [-0.39, 0.29) is 18.0 Å². The maximum Gasteiger partial charge on any atom is 0.409 e. The van der Waals surface area contributed by atoms with Gasteiger partial charge in [-0.3, -0.25) is 0 Å². The fraction of sp³-hybridized carbons (Fsp3) is 0.774. The lowest BCUT2D eigenvalue weighted by Gasteiger charge is -2.61. The number of ether oxygens (including phenoxy) is 1. The molecule has 8 atom stereocenters. The number of hydrogen-bond donors (Lipinski definition) is 0. The second-order valence-electron chi connectivity index (χ2n) is 13.2. The van der Waals surface area contributed by atoms with Gasteiger partial charge < -0.3 is 9.64 Å². The van der Waals surface area contributed by atoms with Crippen molar-refractivity contribution in [2.45, 2.75) is 97.0 Å². The molecule has 4 fully saturated rings. The molecule has 4 aliphatic rings.